The van der Waals surface area contributed by atoms with Crippen molar-refractivity contribution in [3.8, 4) is 11.5 Å². The van der Waals surface area contributed by atoms with Crippen molar-refractivity contribution >= 4 is 5.91 Å². The molecule has 0 radical (unpaired) electrons. The van der Waals surface area contributed by atoms with Gasteiger partial charge in [0, 0.05) is 0 Å². The van der Waals surface area contributed by atoms with Gasteiger partial charge in [-0.3, -0.25) is 4.79 Å². The molecule has 2 rings (SSSR count). The zero-order chi connectivity index (χ0) is 17.9. The molecule has 1 N–H and O–H groups in total. The highest BCUT2D eigenvalue weighted by Gasteiger charge is 2.21. The number of rotatable bonds is 5. The van der Waals surface area contributed by atoms with Gasteiger partial charge >= 0.3 is 0 Å². The zero-order valence-electron chi connectivity index (χ0n) is 13.9. The van der Waals surface area contributed by atoms with Crippen molar-refractivity contribution < 1.29 is 23.0 Å². The Bertz CT molecular complexity index is 742. The molecule has 0 saturated carbocycles. The highest BCUT2D eigenvalue weighted by Crippen LogP contribution is 2.33. The molecule has 1 atom stereocenters. The summed E-state index contributed by atoms with van der Waals surface area (Å²) < 4.78 is 37.9. The summed E-state index contributed by atoms with van der Waals surface area (Å²) in [5, 5.41) is 2.61. The Morgan fingerprint density at radius 2 is 1.62 bits per heavy atom. The van der Waals surface area contributed by atoms with E-state index in [1.165, 1.54) is 20.3 Å². The van der Waals surface area contributed by atoms with Crippen LogP contribution in [0.3, 0.4) is 0 Å². The van der Waals surface area contributed by atoms with E-state index in [0.717, 1.165) is 23.3 Å². The molecule has 0 fully saturated rings. The monoisotopic (exact) mass is 335 g/mol. The Morgan fingerprint density at radius 1 is 1.08 bits per heavy atom. The summed E-state index contributed by atoms with van der Waals surface area (Å²) in [5.41, 5.74) is 1.02. The first-order chi connectivity index (χ1) is 11.4. The maximum atomic E-state index is 13.7. The third kappa shape index (κ3) is 3.48. The number of hydrogen-bond acceptors (Lipinski definition) is 3. The molecular formula is C18H19F2NO3. The standard InChI is InChI=1S/C18H19F2NO3/c1-10-8-15(23-3)16(24-4)9-12(10)11(2)21-18(22)17-13(19)6-5-7-14(17)20/h5-9,11H,1-4H3,(H,21,22)/t11-/m1/s1. The minimum Gasteiger partial charge on any atom is -0.493 e. The Hall–Kier alpha value is -2.63. The minimum absolute atomic E-state index is 0.476. The third-order valence-electron chi connectivity index (χ3n) is 3.78. The first-order valence-electron chi connectivity index (χ1n) is 7.36. The van der Waals surface area contributed by atoms with Crippen molar-refractivity contribution in [2.75, 3.05) is 14.2 Å². The highest BCUT2D eigenvalue weighted by molar-refractivity contribution is 5.95. The predicted octanol–water partition coefficient (Wildman–Crippen LogP) is 3.78. The molecule has 0 saturated heterocycles. The maximum absolute atomic E-state index is 13.7. The van der Waals surface area contributed by atoms with Gasteiger partial charge < -0.3 is 14.8 Å². The van der Waals surface area contributed by atoms with Gasteiger partial charge in [0.1, 0.15) is 17.2 Å². The second kappa shape index (κ2) is 7.29. The average Bonchev–Trinajstić information content (AvgIpc) is 2.54. The maximum Gasteiger partial charge on any atom is 0.257 e. The van der Waals surface area contributed by atoms with Gasteiger partial charge in [-0.15, -0.1) is 0 Å². The van der Waals surface area contributed by atoms with Crippen LogP contribution in [-0.4, -0.2) is 20.1 Å². The van der Waals surface area contributed by atoms with Crippen LogP contribution < -0.4 is 14.8 Å². The summed E-state index contributed by atoms with van der Waals surface area (Å²) in [7, 11) is 3.04. The number of aryl methyl sites for hydroxylation is 1. The Kier molecular flexibility index (Phi) is 5.39. The average molecular weight is 335 g/mol. The summed E-state index contributed by atoms with van der Waals surface area (Å²) in [6.07, 6.45) is 0. The smallest absolute Gasteiger partial charge is 0.257 e. The number of nitrogens with one attached hydrogen (secondary N) is 1. The van der Waals surface area contributed by atoms with Crippen molar-refractivity contribution in [2.45, 2.75) is 19.9 Å². The SMILES string of the molecule is COc1cc(C)c([C@@H](C)NC(=O)c2c(F)cccc2F)cc1OC. The van der Waals surface area contributed by atoms with E-state index in [4.69, 9.17) is 9.47 Å². The van der Waals surface area contributed by atoms with Crippen LogP contribution >= 0.6 is 0 Å². The van der Waals surface area contributed by atoms with E-state index in [2.05, 4.69) is 5.32 Å². The van der Waals surface area contributed by atoms with Crippen LogP contribution in [0.1, 0.15) is 34.5 Å². The lowest BCUT2D eigenvalue weighted by molar-refractivity contribution is 0.0931. The summed E-state index contributed by atoms with van der Waals surface area (Å²) in [5.74, 6) is -1.53. The van der Waals surface area contributed by atoms with E-state index < -0.39 is 29.1 Å². The summed E-state index contributed by atoms with van der Waals surface area (Å²) in [6, 6.07) is 6.34. The Labute approximate surface area is 139 Å². The molecule has 2 aromatic rings. The molecule has 4 nitrogen and oxygen atoms in total. The van der Waals surface area contributed by atoms with E-state index in [9.17, 15) is 13.6 Å². The lowest BCUT2D eigenvalue weighted by Gasteiger charge is -2.19. The van der Waals surface area contributed by atoms with Gasteiger partial charge in [-0.25, -0.2) is 8.78 Å². The number of amides is 1. The fraction of sp³-hybridized carbons (Fsp3) is 0.278. The second-order valence-electron chi connectivity index (χ2n) is 5.36. The molecular weight excluding hydrogens is 316 g/mol. The van der Waals surface area contributed by atoms with Crippen molar-refractivity contribution in [2.24, 2.45) is 0 Å². The van der Waals surface area contributed by atoms with Crippen LogP contribution in [0.25, 0.3) is 0 Å². The quantitative estimate of drug-likeness (QED) is 0.904. The molecule has 0 aliphatic heterocycles. The number of benzene rings is 2. The van der Waals surface area contributed by atoms with E-state index in [1.807, 2.05) is 6.92 Å². The fourth-order valence-electron chi connectivity index (χ4n) is 2.52. The largest absolute Gasteiger partial charge is 0.493 e. The highest BCUT2D eigenvalue weighted by atomic mass is 19.1. The molecule has 0 spiro atoms. The van der Waals surface area contributed by atoms with Crippen LogP contribution in [0.4, 0.5) is 8.78 Å². The van der Waals surface area contributed by atoms with Crippen LogP contribution in [-0.2, 0) is 0 Å². The van der Waals surface area contributed by atoms with Gasteiger partial charge in [-0.1, -0.05) is 6.07 Å². The molecule has 0 aliphatic rings. The lowest BCUT2D eigenvalue weighted by Crippen LogP contribution is -2.28. The van der Waals surface area contributed by atoms with Crippen LogP contribution in [0, 0.1) is 18.6 Å². The molecule has 1 amide bonds. The third-order valence-corrected chi connectivity index (χ3v) is 3.78. The molecule has 0 unspecified atom stereocenters. The first-order valence-corrected chi connectivity index (χ1v) is 7.36. The second-order valence-corrected chi connectivity index (χ2v) is 5.36. The fourth-order valence-corrected chi connectivity index (χ4v) is 2.52. The van der Waals surface area contributed by atoms with Crippen molar-refractivity contribution in [3.63, 3.8) is 0 Å². The van der Waals surface area contributed by atoms with Crippen molar-refractivity contribution in [1.29, 1.82) is 0 Å². The summed E-state index contributed by atoms with van der Waals surface area (Å²) in [4.78, 5) is 12.2. The van der Waals surface area contributed by atoms with Crippen LogP contribution in [0.5, 0.6) is 11.5 Å². The molecule has 128 valence electrons. The molecule has 0 aliphatic carbocycles. The number of hydrogen-bond donors (Lipinski definition) is 1. The summed E-state index contributed by atoms with van der Waals surface area (Å²) >= 11 is 0. The summed E-state index contributed by atoms with van der Waals surface area (Å²) in [6.45, 7) is 3.58. The topological polar surface area (TPSA) is 47.6 Å². The van der Waals surface area contributed by atoms with Gasteiger partial charge in [-0.05, 0) is 49.2 Å². The van der Waals surface area contributed by atoms with E-state index in [1.54, 1.807) is 19.1 Å². The van der Waals surface area contributed by atoms with Crippen LogP contribution in [0.2, 0.25) is 0 Å². The van der Waals surface area contributed by atoms with Crippen molar-refractivity contribution in [1.82, 2.24) is 5.32 Å². The predicted molar refractivity (Wildman–Crippen MR) is 86.5 cm³/mol. The lowest BCUT2D eigenvalue weighted by atomic mass is 10.0. The van der Waals surface area contributed by atoms with Gasteiger partial charge in [0.05, 0.1) is 20.3 Å². The molecule has 24 heavy (non-hydrogen) atoms. The molecule has 2 aromatic carbocycles. The van der Waals surface area contributed by atoms with Crippen molar-refractivity contribution in [3.05, 3.63) is 58.7 Å². The number of carbonyl (C=O) groups excluding carboxylic acids is 1. The number of methoxy groups -OCH3 is 2. The Morgan fingerprint density at radius 3 is 2.17 bits per heavy atom. The van der Waals surface area contributed by atoms with E-state index in [0.29, 0.717) is 11.5 Å². The molecule has 0 heterocycles. The molecule has 6 heteroatoms. The number of halogens is 2. The Balaban J connectivity index is 2.30. The van der Waals surface area contributed by atoms with Gasteiger partial charge in [-0.2, -0.15) is 0 Å². The van der Waals surface area contributed by atoms with Gasteiger partial charge in [0.15, 0.2) is 11.5 Å². The minimum atomic E-state index is -0.899. The van der Waals surface area contributed by atoms with Crippen LogP contribution in [0.15, 0.2) is 30.3 Å². The zero-order valence-corrected chi connectivity index (χ0v) is 13.9. The molecule has 0 bridgehead atoms. The van der Waals surface area contributed by atoms with Gasteiger partial charge in [0.25, 0.3) is 5.91 Å². The van der Waals surface area contributed by atoms with E-state index >= 15 is 0 Å². The normalized spacial score (nSPS) is 11.8. The van der Waals surface area contributed by atoms with E-state index in [-0.39, 0.29) is 0 Å². The number of ether oxygens (including phenoxy) is 2. The first kappa shape index (κ1) is 17.7. The van der Waals surface area contributed by atoms with Gasteiger partial charge in [0.2, 0.25) is 0 Å². The number of carbonyl (C=O) groups is 1. The molecule has 0 aromatic heterocycles.